The van der Waals surface area contributed by atoms with E-state index in [1.54, 1.807) is 24.3 Å². The molecule has 0 bridgehead atoms. The topological polar surface area (TPSA) is 83.5 Å². The van der Waals surface area contributed by atoms with E-state index in [1.165, 1.54) is 0 Å². The molecular weight excluding hydrogens is 230 g/mol. The van der Waals surface area contributed by atoms with Gasteiger partial charge in [0.1, 0.15) is 0 Å². The zero-order chi connectivity index (χ0) is 12.0. The normalized spacial score (nSPS) is 11.1. The molecule has 0 saturated heterocycles. The first kappa shape index (κ1) is 12.7. The average molecular weight is 243 g/mol. The molecule has 0 unspecified atom stereocenters. The first-order valence-electron chi connectivity index (χ1n) is 4.77. The Hall–Kier alpha value is -1.40. The van der Waals surface area contributed by atoms with Crippen molar-refractivity contribution in [2.24, 2.45) is 0 Å². The van der Waals surface area contributed by atoms with Gasteiger partial charge in [0.2, 0.25) is 5.91 Å². The number of amides is 1. The van der Waals surface area contributed by atoms with Crippen LogP contribution in [-0.2, 0) is 14.9 Å². The molecule has 0 aliphatic heterocycles. The molecule has 5 nitrogen and oxygen atoms in total. The summed E-state index contributed by atoms with van der Waals surface area (Å²) in [7, 11) is -3.97. The van der Waals surface area contributed by atoms with Gasteiger partial charge in [-0.3, -0.25) is 9.35 Å². The van der Waals surface area contributed by atoms with Crippen LogP contribution in [0.25, 0.3) is 0 Å². The lowest BCUT2D eigenvalue weighted by Gasteiger charge is -2.03. The molecule has 6 heteroatoms. The molecule has 0 fully saturated rings. The second-order valence-corrected chi connectivity index (χ2v) is 4.88. The monoisotopic (exact) mass is 243 g/mol. The Morgan fingerprint density at radius 2 is 1.88 bits per heavy atom. The summed E-state index contributed by atoms with van der Waals surface area (Å²) in [6, 6.07) is 8.87. The van der Waals surface area contributed by atoms with Gasteiger partial charge in [-0.25, -0.2) is 0 Å². The van der Waals surface area contributed by atoms with Gasteiger partial charge in [-0.1, -0.05) is 18.2 Å². The molecule has 0 aliphatic rings. The number of rotatable bonds is 5. The van der Waals surface area contributed by atoms with E-state index >= 15 is 0 Å². The molecule has 0 aromatic heterocycles. The summed E-state index contributed by atoms with van der Waals surface area (Å²) in [6.07, 6.45) is 0.173. The number of nitrogens with one attached hydrogen (secondary N) is 1. The SMILES string of the molecule is O=C(CCCS(=O)(=O)O)Nc1ccccc1. The predicted molar refractivity (Wildman–Crippen MR) is 60.7 cm³/mol. The maximum absolute atomic E-state index is 11.3. The molecule has 0 aliphatic carbocycles. The molecule has 1 rings (SSSR count). The van der Waals surface area contributed by atoms with E-state index in [2.05, 4.69) is 5.32 Å². The van der Waals surface area contributed by atoms with Crippen molar-refractivity contribution in [1.82, 2.24) is 0 Å². The van der Waals surface area contributed by atoms with Crippen molar-refractivity contribution < 1.29 is 17.8 Å². The van der Waals surface area contributed by atoms with Crippen molar-refractivity contribution in [3.63, 3.8) is 0 Å². The van der Waals surface area contributed by atoms with Crippen molar-refractivity contribution in [2.45, 2.75) is 12.8 Å². The van der Waals surface area contributed by atoms with Gasteiger partial charge in [0.25, 0.3) is 10.1 Å². The van der Waals surface area contributed by atoms with Crippen molar-refractivity contribution in [2.75, 3.05) is 11.1 Å². The number of hydrogen-bond acceptors (Lipinski definition) is 3. The quantitative estimate of drug-likeness (QED) is 0.763. The van der Waals surface area contributed by atoms with Crippen LogP contribution in [0.15, 0.2) is 30.3 Å². The van der Waals surface area contributed by atoms with E-state index in [1.807, 2.05) is 6.07 Å². The van der Waals surface area contributed by atoms with Gasteiger partial charge in [0.05, 0.1) is 5.75 Å². The minimum Gasteiger partial charge on any atom is -0.326 e. The molecule has 1 amide bonds. The van der Waals surface area contributed by atoms with E-state index in [0.717, 1.165) is 0 Å². The standard InChI is InChI=1S/C10H13NO4S/c12-10(7-4-8-16(13,14)15)11-9-5-2-1-3-6-9/h1-3,5-6H,4,7-8H2,(H,11,12)(H,13,14,15). The van der Waals surface area contributed by atoms with Crippen LogP contribution in [0.4, 0.5) is 5.69 Å². The van der Waals surface area contributed by atoms with Gasteiger partial charge in [-0.05, 0) is 18.6 Å². The lowest BCUT2D eigenvalue weighted by atomic mass is 10.3. The van der Waals surface area contributed by atoms with E-state index in [-0.39, 0.29) is 18.7 Å². The molecular formula is C10H13NO4S. The van der Waals surface area contributed by atoms with Crippen LogP contribution in [0.5, 0.6) is 0 Å². The third-order valence-electron chi connectivity index (χ3n) is 1.86. The molecule has 2 N–H and O–H groups in total. The number of anilines is 1. The third-order valence-corrected chi connectivity index (χ3v) is 2.67. The van der Waals surface area contributed by atoms with Crippen LogP contribution >= 0.6 is 0 Å². The number of para-hydroxylation sites is 1. The summed E-state index contributed by atoms with van der Waals surface area (Å²) >= 11 is 0. The molecule has 0 radical (unpaired) electrons. The highest BCUT2D eigenvalue weighted by atomic mass is 32.2. The summed E-state index contributed by atoms with van der Waals surface area (Å²) < 4.78 is 29.3. The van der Waals surface area contributed by atoms with Crippen molar-refractivity contribution in [1.29, 1.82) is 0 Å². The molecule has 88 valence electrons. The van der Waals surface area contributed by atoms with Crippen LogP contribution < -0.4 is 5.32 Å². The average Bonchev–Trinajstić information content (AvgIpc) is 2.17. The predicted octanol–water partition coefficient (Wildman–Crippen LogP) is 1.29. The Kier molecular flexibility index (Phi) is 4.45. The zero-order valence-corrected chi connectivity index (χ0v) is 9.40. The fourth-order valence-electron chi connectivity index (χ4n) is 1.16. The summed E-state index contributed by atoms with van der Waals surface area (Å²) in [5, 5.41) is 2.61. The number of carbonyl (C=O) groups is 1. The van der Waals surface area contributed by atoms with Gasteiger partial charge in [0.15, 0.2) is 0 Å². The lowest BCUT2D eigenvalue weighted by molar-refractivity contribution is -0.116. The van der Waals surface area contributed by atoms with Crippen molar-refractivity contribution in [3.8, 4) is 0 Å². The summed E-state index contributed by atoms with van der Waals surface area (Å²) in [5.74, 6) is -0.662. The molecule has 0 atom stereocenters. The highest BCUT2D eigenvalue weighted by Crippen LogP contribution is 2.06. The largest absolute Gasteiger partial charge is 0.326 e. The Bertz CT molecular complexity index is 441. The number of carbonyl (C=O) groups excluding carboxylic acids is 1. The van der Waals surface area contributed by atoms with Crippen LogP contribution in [0.3, 0.4) is 0 Å². The lowest BCUT2D eigenvalue weighted by Crippen LogP contribution is -2.13. The van der Waals surface area contributed by atoms with Crippen LogP contribution in [-0.4, -0.2) is 24.6 Å². The van der Waals surface area contributed by atoms with Crippen LogP contribution in [0, 0.1) is 0 Å². The highest BCUT2D eigenvalue weighted by molar-refractivity contribution is 7.85. The molecule has 1 aromatic carbocycles. The fraction of sp³-hybridized carbons (Fsp3) is 0.300. The summed E-state index contributed by atoms with van der Waals surface area (Å²) in [6.45, 7) is 0. The van der Waals surface area contributed by atoms with Gasteiger partial charge < -0.3 is 5.32 Å². The second-order valence-electron chi connectivity index (χ2n) is 3.30. The van der Waals surface area contributed by atoms with Gasteiger partial charge in [-0.2, -0.15) is 8.42 Å². The molecule has 0 saturated carbocycles. The molecule has 1 aromatic rings. The Morgan fingerprint density at radius 3 is 2.44 bits per heavy atom. The van der Waals surface area contributed by atoms with E-state index < -0.39 is 15.9 Å². The first-order valence-corrected chi connectivity index (χ1v) is 6.38. The van der Waals surface area contributed by atoms with Crippen molar-refractivity contribution >= 4 is 21.7 Å². The maximum atomic E-state index is 11.3. The highest BCUT2D eigenvalue weighted by Gasteiger charge is 2.07. The first-order chi connectivity index (χ1) is 7.47. The maximum Gasteiger partial charge on any atom is 0.264 e. The third kappa shape index (κ3) is 5.47. The van der Waals surface area contributed by atoms with Gasteiger partial charge in [0, 0.05) is 12.1 Å². The molecule has 16 heavy (non-hydrogen) atoms. The molecule has 0 heterocycles. The van der Waals surface area contributed by atoms with Crippen LogP contribution in [0.2, 0.25) is 0 Å². The summed E-state index contributed by atoms with van der Waals surface area (Å²) in [5.41, 5.74) is 0.666. The van der Waals surface area contributed by atoms with E-state index in [0.29, 0.717) is 5.69 Å². The second kappa shape index (κ2) is 5.62. The van der Waals surface area contributed by atoms with Gasteiger partial charge >= 0.3 is 0 Å². The fourth-order valence-corrected chi connectivity index (χ4v) is 1.67. The minimum absolute atomic E-state index is 0.0642. The van der Waals surface area contributed by atoms with Crippen molar-refractivity contribution in [3.05, 3.63) is 30.3 Å². The minimum atomic E-state index is -3.97. The summed E-state index contributed by atoms with van der Waals surface area (Å²) in [4.78, 5) is 11.3. The Balaban J connectivity index is 2.32. The van der Waals surface area contributed by atoms with Gasteiger partial charge in [-0.15, -0.1) is 0 Å². The molecule has 0 spiro atoms. The Labute approximate surface area is 94.2 Å². The van der Waals surface area contributed by atoms with E-state index in [4.69, 9.17) is 4.55 Å². The zero-order valence-electron chi connectivity index (χ0n) is 8.59. The smallest absolute Gasteiger partial charge is 0.264 e. The van der Waals surface area contributed by atoms with E-state index in [9.17, 15) is 13.2 Å². The number of benzene rings is 1. The Morgan fingerprint density at radius 1 is 1.25 bits per heavy atom. The number of hydrogen-bond donors (Lipinski definition) is 2. The van der Waals surface area contributed by atoms with Crippen LogP contribution in [0.1, 0.15) is 12.8 Å².